The van der Waals surface area contributed by atoms with Crippen molar-refractivity contribution >= 4 is 41.5 Å². The Kier molecular flexibility index (Phi) is 7.44. The molecule has 12 nitrogen and oxygen atoms in total. The highest BCUT2D eigenvalue weighted by Gasteiger charge is 2.66. The number of nitrogens with two attached hydrogens (primary N) is 1. The Morgan fingerprint density at radius 3 is 2.57 bits per heavy atom. The van der Waals surface area contributed by atoms with Crippen LogP contribution in [0.2, 0.25) is 0 Å². The van der Waals surface area contributed by atoms with Gasteiger partial charge in [0.25, 0.3) is 11.6 Å². The van der Waals surface area contributed by atoms with Crippen molar-refractivity contribution in [2.24, 2.45) is 5.73 Å². The van der Waals surface area contributed by atoms with Crippen molar-refractivity contribution in [3.63, 3.8) is 0 Å². The van der Waals surface area contributed by atoms with Crippen LogP contribution in [0.1, 0.15) is 26.2 Å². The van der Waals surface area contributed by atoms with Gasteiger partial charge in [-0.25, -0.2) is 4.79 Å². The molecule has 5 N–H and O–H groups in total. The minimum absolute atomic E-state index is 0.0758. The molecule has 0 bridgehead atoms. The Hall–Kier alpha value is -2.64. The van der Waals surface area contributed by atoms with Gasteiger partial charge in [-0.05, 0) is 12.8 Å². The molecule has 0 radical (unpaired) electrons. The fourth-order valence-electron chi connectivity index (χ4n) is 3.12. The van der Waals surface area contributed by atoms with E-state index in [1.165, 1.54) is 14.0 Å². The molecule has 0 aromatic heterocycles. The zero-order valence-corrected chi connectivity index (χ0v) is 17.2. The number of carboxylic acids is 2. The third-order valence-electron chi connectivity index (χ3n) is 4.65. The van der Waals surface area contributed by atoms with Gasteiger partial charge >= 0.3 is 17.9 Å². The number of rotatable bonds is 10. The van der Waals surface area contributed by atoms with Crippen molar-refractivity contribution in [3.8, 4) is 0 Å². The topological polar surface area (TPSA) is 186 Å². The molecule has 13 heteroatoms. The molecule has 2 amide bonds. The van der Waals surface area contributed by atoms with E-state index in [0.717, 1.165) is 16.7 Å². The van der Waals surface area contributed by atoms with Crippen LogP contribution in [0.25, 0.3) is 0 Å². The summed E-state index contributed by atoms with van der Waals surface area (Å²) in [4.78, 5) is 59.6. The number of methoxy groups -OCH3 is 1. The summed E-state index contributed by atoms with van der Waals surface area (Å²) in [5.74, 6) is -4.31. The molecule has 0 aromatic carbocycles. The van der Waals surface area contributed by atoms with Gasteiger partial charge in [0.05, 0.1) is 0 Å². The summed E-state index contributed by atoms with van der Waals surface area (Å²) in [6, 6.07) is -1.09. The highest BCUT2D eigenvalue weighted by Crippen LogP contribution is 2.46. The number of β-lactam (4-membered cyclic amide) rings is 1. The molecule has 2 heterocycles. The summed E-state index contributed by atoms with van der Waals surface area (Å²) < 4.78 is 10.2. The van der Waals surface area contributed by atoms with Crippen LogP contribution in [0, 0.1) is 0 Å². The molecule has 2 rings (SSSR count). The van der Waals surface area contributed by atoms with Gasteiger partial charge in [0.15, 0.2) is 0 Å². The Bertz CT molecular complexity index is 799. The standard InChI is InChI=1S/C17H23N3O9S/c1-8(21)29-6-9-7-30-16-17(28-2,15(27)20(16)12(9)14(25)26)19-11(22)5-3-4-10(18)13(23)24/h10,16H,3-7,18H2,1-2H3,(H,19,22)(H,23,24)(H,25,26)/t10?,16-,17-/m0/s1. The number of ether oxygens (including phenoxy) is 2. The summed E-state index contributed by atoms with van der Waals surface area (Å²) in [6.07, 6.45) is 0.171. The summed E-state index contributed by atoms with van der Waals surface area (Å²) in [6.45, 7) is 0.917. The second kappa shape index (κ2) is 9.45. The van der Waals surface area contributed by atoms with Crippen LogP contribution in [0.3, 0.4) is 0 Å². The highest BCUT2D eigenvalue weighted by molar-refractivity contribution is 8.00. The molecule has 1 unspecified atom stereocenters. The van der Waals surface area contributed by atoms with E-state index in [1.54, 1.807) is 0 Å². The molecule has 1 saturated heterocycles. The molecule has 3 atom stereocenters. The Morgan fingerprint density at radius 1 is 1.37 bits per heavy atom. The van der Waals surface area contributed by atoms with Crippen LogP contribution in [0.15, 0.2) is 11.3 Å². The Labute approximate surface area is 175 Å². The molecular formula is C17H23N3O9S. The first-order chi connectivity index (χ1) is 14.0. The van der Waals surface area contributed by atoms with Crippen LogP contribution in [-0.2, 0) is 33.4 Å². The maximum Gasteiger partial charge on any atom is 0.352 e. The van der Waals surface area contributed by atoms with Crippen molar-refractivity contribution < 1.29 is 43.7 Å². The first-order valence-electron chi connectivity index (χ1n) is 8.93. The number of nitrogens with zero attached hydrogens (tertiary/aromatic N) is 1. The summed E-state index contributed by atoms with van der Waals surface area (Å²) in [7, 11) is 1.22. The molecule has 1 fully saturated rings. The smallest absolute Gasteiger partial charge is 0.352 e. The van der Waals surface area contributed by atoms with Gasteiger partial charge in [-0.2, -0.15) is 0 Å². The van der Waals surface area contributed by atoms with E-state index in [9.17, 15) is 29.1 Å². The van der Waals surface area contributed by atoms with Gasteiger partial charge in [0.1, 0.15) is 23.7 Å². The lowest BCUT2D eigenvalue weighted by molar-refractivity contribution is -0.192. The minimum atomic E-state index is -1.75. The minimum Gasteiger partial charge on any atom is -0.480 e. The number of nitrogens with one attached hydrogen (secondary N) is 1. The number of fused-ring (bicyclic) bond motifs is 1. The van der Waals surface area contributed by atoms with Crippen molar-refractivity contribution in [1.29, 1.82) is 0 Å². The van der Waals surface area contributed by atoms with Crippen molar-refractivity contribution in [2.75, 3.05) is 19.5 Å². The average Bonchev–Trinajstić information content (AvgIpc) is 2.68. The van der Waals surface area contributed by atoms with Gasteiger partial charge in [0.2, 0.25) is 5.91 Å². The zero-order chi connectivity index (χ0) is 22.6. The zero-order valence-electron chi connectivity index (χ0n) is 16.4. The van der Waals surface area contributed by atoms with Crippen LogP contribution in [0.5, 0.6) is 0 Å². The first-order valence-corrected chi connectivity index (χ1v) is 9.98. The van der Waals surface area contributed by atoms with Gasteiger partial charge in [0, 0.05) is 31.8 Å². The largest absolute Gasteiger partial charge is 0.480 e. The number of carbonyl (C=O) groups is 5. The monoisotopic (exact) mass is 445 g/mol. The maximum atomic E-state index is 12.8. The van der Waals surface area contributed by atoms with Crippen LogP contribution < -0.4 is 11.1 Å². The van der Waals surface area contributed by atoms with Crippen molar-refractivity contribution in [3.05, 3.63) is 11.3 Å². The Balaban J connectivity index is 2.11. The van der Waals surface area contributed by atoms with Gasteiger partial charge in [-0.1, -0.05) is 0 Å². The molecule has 30 heavy (non-hydrogen) atoms. The number of esters is 1. The molecule has 0 aromatic rings. The van der Waals surface area contributed by atoms with Gasteiger partial charge < -0.3 is 30.7 Å². The molecular weight excluding hydrogens is 422 g/mol. The SMILES string of the molecule is CO[C@@]1(NC(=O)CCCC(N)C(=O)O)C(=O)N2C(C(=O)O)=C(COC(C)=O)CS[C@H]21. The number of amides is 2. The lowest BCUT2D eigenvalue weighted by atomic mass is 9.97. The number of carboxylic acid groups (broad SMARTS) is 2. The van der Waals surface area contributed by atoms with E-state index in [4.69, 9.17) is 20.3 Å². The van der Waals surface area contributed by atoms with Gasteiger partial charge in [-0.3, -0.25) is 24.1 Å². The lowest BCUT2D eigenvalue weighted by Gasteiger charge is -2.55. The van der Waals surface area contributed by atoms with E-state index in [-0.39, 0.29) is 42.9 Å². The van der Waals surface area contributed by atoms with E-state index < -0.39 is 46.9 Å². The van der Waals surface area contributed by atoms with Crippen LogP contribution >= 0.6 is 11.8 Å². The quantitative estimate of drug-likeness (QED) is 0.181. The van der Waals surface area contributed by atoms with Gasteiger partial charge in [-0.15, -0.1) is 11.8 Å². The fraction of sp³-hybridized carbons (Fsp3) is 0.588. The fourth-order valence-corrected chi connectivity index (χ4v) is 4.54. The first kappa shape index (κ1) is 23.6. The van der Waals surface area contributed by atoms with Crippen LogP contribution in [-0.4, -0.2) is 81.4 Å². The third kappa shape index (κ3) is 4.57. The number of hydrogen-bond acceptors (Lipinski definition) is 9. The molecule has 0 spiro atoms. The Morgan fingerprint density at radius 2 is 2.03 bits per heavy atom. The predicted octanol–water partition coefficient (Wildman–Crippen LogP) is -1.16. The van der Waals surface area contributed by atoms with E-state index >= 15 is 0 Å². The highest BCUT2D eigenvalue weighted by atomic mass is 32.2. The number of aliphatic carboxylic acids is 2. The van der Waals surface area contributed by atoms with E-state index in [0.29, 0.717) is 0 Å². The summed E-state index contributed by atoms with van der Waals surface area (Å²) in [5, 5.41) is 20.0. The summed E-state index contributed by atoms with van der Waals surface area (Å²) in [5.41, 5.74) is 3.59. The second-order valence-corrected chi connectivity index (χ2v) is 7.77. The van der Waals surface area contributed by atoms with E-state index in [2.05, 4.69) is 5.32 Å². The van der Waals surface area contributed by atoms with Crippen molar-refractivity contribution in [2.45, 2.75) is 43.3 Å². The normalized spacial score (nSPS) is 23.9. The third-order valence-corrected chi connectivity index (χ3v) is 6.02. The average molecular weight is 445 g/mol. The number of thioether (sulfide) groups is 1. The molecule has 2 aliphatic rings. The predicted molar refractivity (Wildman–Crippen MR) is 102 cm³/mol. The maximum absolute atomic E-state index is 12.8. The molecule has 0 saturated carbocycles. The second-order valence-electron chi connectivity index (χ2n) is 6.70. The van der Waals surface area contributed by atoms with Crippen LogP contribution in [0.4, 0.5) is 0 Å². The van der Waals surface area contributed by atoms with Crippen molar-refractivity contribution in [1.82, 2.24) is 10.2 Å². The lowest BCUT2D eigenvalue weighted by Crippen LogP contribution is -2.80. The molecule has 0 aliphatic carbocycles. The molecule has 2 aliphatic heterocycles. The number of carbonyl (C=O) groups excluding carboxylic acids is 3. The van der Waals surface area contributed by atoms with E-state index in [1.807, 2.05) is 0 Å². The molecule has 166 valence electrons. The number of hydrogen-bond donors (Lipinski definition) is 4. The summed E-state index contributed by atoms with van der Waals surface area (Å²) >= 11 is 1.16.